The summed E-state index contributed by atoms with van der Waals surface area (Å²) in [7, 11) is 0. The molecule has 0 bridgehead atoms. The molecule has 0 spiro atoms. The van der Waals surface area contributed by atoms with E-state index in [1.54, 1.807) is 27.0 Å². The zero-order chi connectivity index (χ0) is 15.6. The van der Waals surface area contributed by atoms with Gasteiger partial charge in [0.25, 0.3) is 0 Å². The zero-order valence-electron chi connectivity index (χ0n) is 12.8. The lowest BCUT2D eigenvalue weighted by atomic mass is 9.78. The third kappa shape index (κ3) is 2.90. The zero-order valence-corrected chi connectivity index (χ0v) is 12.8. The van der Waals surface area contributed by atoms with Gasteiger partial charge in [-0.1, -0.05) is 0 Å². The average Bonchev–Trinajstić information content (AvgIpc) is 2.80. The van der Waals surface area contributed by atoms with Gasteiger partial charge < -0.3 is 19.5 Å². The van der Waals surface area contributed by atoms with Crippen LogP contribution in [0.15, 0.2) is 11.8 Å². The highest BCUT2D eigenvalue weighted by atomic mass is 16.5. The van der Waals surface area contributed by atoms with Crippen molar-refractivity contribution >= 4 is 11.9 Å². The Balaban J connectivity index is 2.34. The van der Waals surface area contributed by atoms with E-state index in [4.69, 9.17) is 9.47 Å². The molecule has 1 saturated heterocycles. The van der Waals surface area contributed by atoms with Gasteiger partial charge in [0, 0.05) is 12.7 Å². The second kappa shape index (κ2) is 6.05. The molecular formula is C15H23NO5. The monoisotopic (exact) mass is 297 g/mol. The van der Waals surface area contributed by atoms with E-state index in [0.717, 1.165) is 6.42 Å². The van der Waals surface area contributed by atoms with Crippen molar-refractivity contribution in [1.29, 1.82) is 0 Å². The molecule has 2 rings (SSSR count). The first kappa shape index (κ1) is 15.8. The van der Waals surface area contributed by atoms with Crippen LogP contribution in [-0.2, 0) is 19.1 Å². The number of rotatable bonds is 4. The molecule has 0 radical (unpaired) electrons. The maximum Gasteiger partial charge on any atom is 0.336 e. The van der Waals surface area contributed by atoms with Crippen LogP contribution in [0.1, 0.15) is 33.6 Å². The first-order valence-corrected chi connectivity index (χ1v) is 7.46. The molecule has 6 heteroatoms. The second-order valence-electron chi connectivity index (χ2n) is 5.68. The smallest absolute Gasteiger partial charge is 0.336 e. The summed E-state index contributed by atoms with van der Waals surface area (Å²) in [6.45, 7) is 6.33. The second-order valence-corrected chi connectivity index (χ2v) is 5.68. The van der Waals surface area contributed by atoms with Gasteiger partial charge in [0.1, 0.15) is 5.92 Å². The first-order chi connectivity index (χ1) is 9.92. The Morgan fingerprint density at radius 3 is 2.67 bits per heavy atom. The van der Waals surface area contributed by atoms with Crippen LogP contribution in [0.4, 0.5) is 0 Å². The van der Waals surface area contributed by atoms with Crippen molar-refractivity contribution in [2.75, 3.05) is 19.8 Å². The van der Waals surface area contributed by atoms with Gasteiger partial charge in [-0.25, -0.2) is 4.79 Å². The van der Waals surface area contributed by atoms with Crippen molar-refractivity contribution in [3.8, 4) is 0 Å². The van der Waals surface area contributed by atoms with Gasteiger partial charge >= 0.3 is 11.9 Å². The Morgan fingerprint density at radius 1 is 1.38 bits per heavy atom. The molecular weight excluding hydrogens is 274 g/mol. The summed E-state index contributed by atoms with van der Waals surface area (Å²) in [6.07, 6.45) is 3.05. The molecule has 1 fully saturated rings. The van der Waals surface area contributed by atoms with Crippen molar-refractivity contribution in [2.45, 2.75) is 45.3 Å². The van der Waals surface area contributed by atoms with E-state index < -0.39 is 29.5 Å². The molecule has 3 atom stereocenters. The lowest BCUT2D eigenvalue weighted by molar-refractivity contribution is -0.156. The largest absolute Gasteiger partial charge is 0.465 e. The Bertz CT molecular complexity index is 457. The fourth-order valence-electron chi connectivity index (χ4n) is 3.27. The fourth-order valence-corrected chi connectivity index (χ4v) is 3.27. The van der Waals surface area contributed by atoms with Crippen molar-refractivity contribution in [2.24, 2.45) is 5.92 Å². The third-order valence-electron chi connectivity index (χ3n) is 4.10. The highest BCUT2D eigenvalue weighted by molar-refractivity contribution is 5.97. The van der Waals surface area contributed by atoms with Gasteiger partial charge in [-0.05, 0) is 33.6 Å². The predicted octanol–water partition coefficient (Wildman–Crippen LogP) is 0.842. The summed E-state index contributed by atoms with van der Waals surface area (Å²) >= 11 is 0. The number of nitrogens with zero attached hydrogens (tertiary/aromatic N) is 1. The standard InChI is InChI=1S/C15H23NO5/c1-4-20-13(17)10-9-16-8-6-7-15(3,19)12(16)11(10)14(18)21-5-2/h9,11-12,19H,4-8H2,1-3H3/t11-,12-,15+/m1/s1. The molecule has 2 aliphatic heterocycles. The maximum absolute atomic E-state index is 12.3. The van der Waals surface area contributed by atoms with Crippen LogP contribution < -0.4 is 0 Å². The number of carbonyl (C=O) groups is 2. The van der Waals surface area contributed by atoms with Crippen LogP contribution in [0.3, 0.4) is 0 Å². The molecule has 0 aromatic carbocycles. The molecule has 6 nitrogen and oxygen atoms in total. The molecule has 1 N–H and O–H groups in total. The van der Waals surface area contributed by atoms with E-state index in [1.165, 1.54) is 0 Å². The lowest BCUT2D eigenvalue weighted by Crippen LogP contribution is -2.56. The minimum Gasteiger partial charge on any atom is -0.465 e. The number of piperidine rings is 1. The SMILES string of the molecule is CCOC(=O)C1=CN2CCC[C@](C)(O)[C@H]2[C@@H]1C(=O)OCC. The normalized spacial score (nSPS) is 31.4. The Hall–Kier alpha value is -1.56. The summed E-state index contributed by atoms with van der Waals surface area (Å²) < 4.78 is 10.1. The number of aliphatic hydroxyl groups is 1. The van der Waals surface area contributed by atoms with Crippen LogP contribution in [0.25, 0.3) is 0 Å². The van der Waals surface area contributed by atoms with Gasteiger partial charge in [-0.15, -0.1) is 0 Å². The molecule has 0 amide bonds. The molecule has 0 unspecified atom stereocenters. The molecule has 21 heavy (non-hydrogen) atoms. The third-order valence-corrected chi connectivity index (χ3v) is 4.10. The van der Waals surface area contributed by atoms with Crippen LogP contribution in [0.5, 0.6) is 0 Å². The summed E-state index contributed by atoms with van der Waals surface area (Å²) in [4.78, 5) is 26.3. The fraction of sp³-hybridized carbons (Fsp3) is 0.733. The van der Waals surface area contributed by atoms with Gasteiger partial charge in [-0.3, -0.25) is 4.79 Å². The van der Waals surface area contributed by atoms with Crippen molar-refractivity contribution in [3.63, 3.8) is 0 Å². The molecule has 0 aliphatic carbocycles. The van der Waals surface area contributed by atoms with Crippen LogP contribution in [0.2, 0.25) is 0 Å². The average molecular weight is 297 g/mol. The number of ether oxygens (including phenoxy) is 2. The summed E-state index contributed by atoms with van der Waals surface area (Å²) in [6, 6.07) is -0.468. The van der Waals surface area contributed by atoms with E-state index in [-0.39, 0.29) is 18.8 Å². The summed E-state index contributed by atoms with van der Waals surface area (Å²) in [5.74, 6) is -1.79. The summed E-state index contributed by atoms with van der Waals surface area (Å²) in [5.41, 5.74) is -0.761. The molecule has 2 aliphatic rings. The Labute approximate surface area is 124 Å². The Kier molecular flexibility index (Phi) is 4.56. The van der Waals surface area contributed by atoms with Crippen LogP contribution in [-0.4, -0.2) is 53.3 Å². The van der Waals surface area contributed by atoms with E-state index in [1.807, 2.05) is 4.90 Å². The van der Waals surface area contributed by atoms with Gasteiger partial charge in [0.2, 0.25) is 0 Å². The van der Waals surface area contributed by atoms with Crippen molar-refractivity contribution < 1.29 is 24.2 Å². The number of esters is 2. The van der Waals surface area contributed by atoms with E-state index in [9.17, 15) is 14.7 Å². The number of hydrogen-bond donors (Lipinski definition) is 1. The first-order valence-electron chi connectivity index (χ1n) is 7.46. The number of carbonyl (C=O) groups excluding carboxylic acids is 2. The van der Waals surface area contributed by atoms with E-state index >= 15 is 0 Å². The highest BCUT2D eigenvalue weighted by Gasteiger charge is 2.53. The molecule has 2 heterocycles. The molecule has 0 saturated carbocycles. The van der Waals surface area contributed by atoms with Gasteiger partial charge in [-0.2, -0.15) is 0 Å². The summed E-state index contributed by atoms with van der Waals surface area (Å²) in [5, 5.41) is 10.6. The minimum absolute atomic E-state index is 0.236. The number of hydrogen-bond acceptors (Lipinski definition) is 6. The van der Waals surface area contributed by atoms with Crippen molar-refractivity contribution in [3.05, 3.63) is 11.8 Å². The Morgan fingerprint density at radius 2 is 2.05 bits per heavy atom. The van der Waals surface area contributed by atoms with E-state index in [2.05, 4.69) is 0 Å². The quantitative estimate of drug-likeness (QED) is 0.775. The molecule has 0 aromatic heterocycles. The minimum atomic E-state index is -1.04. The van der Waals surface area contributed by atoms with Gasteiger partial charge in [0.15, 0.2) is 0 Å². The van der Waals surface area contributed by atoms with Crippen molar-refractivity contribution in [1.82, 2.24) is 4.90 Å². The topological polar surface area (TPSA) is 76.1 Å². The van der Waals surface area contributed by atoms with Crippen LogP contribution in [0, 0.1) is 5.92 Å². The van der Waals surface area contributed by atoms with Gasteiger partial charge in [0.05, 0.1) is 30.4 Å². The number of fused-ring (bicyclic) bond motifs is 1. The van der Waals surface area contributed by atoms with Crippen LogP contribution >= 0.6 is 0 Å². The molecule has 118 valence electrons. The lowest BCUT2D eigenvalue weighted by Gasteiger charge is -2.44. The molecule has 0 aromatic rings. The maximum atomic E-state index is 12.3. The van der Waals surface area contributed by atoms with E-state index in [0.29, 0.717) is 13.0 Å². The highest BCUT2D eigenvalue weighted by Crippen LogP contribution is 2.41. The predicted molar refractivity (Wildman–Crippen MR) is 75.2 cm³/mol.